The molecule has 2 aromatic rings. The normalized spacial score (nSPS) is 14.6. The molecule has 0 unspecified atom stereocenters. The number of imide groups is 1. The second-order valence-corrected chi connectivity index (χ2v) is 5.96. The molecule has 0 fully saturated rings. The zero-order valence-electron chi connectivity index (χ0n) is 13.6. The molecule has 24 heavy (non-hydrogen) atoms. The second-order valence-electron chi connectivity index (χ2n) is 5.58. The van der Waals surface area contributed by atoms with Crippen molar-refractivity contribution < 1.29 is 14.3 Å². The topological polar surface area (TPSA) is 46.6 Å². The third kappa shape index (κ3) is 2.49. The van der Waals surface area contributed by atoms with Crippen LogP contribution < -0.4 is 9.64 Å². The van der Waals surface area contributed by atoms with E-state index in [2.05, 4.69) is 0 Å². The number of rotatable bonds is 3. The number of amides is 2. The Hall–Kier alpha value is -2.59. The molecule has 0 bridgehead atoms. The Morgan fingerprint density at radius 2 is 1.62 bits per heavy atom. The average molecular weight is 342 g/mol. The van der Waals surface area contributed by atoms with E-state index in [1.165, 1.54) is 0 Å². The first kappa shape index (κ1) is 16.3. The van der Waals surface area contributed by atoms with Crippen LogP contribution in [0.3, 0.4) is 0 Å². The maximum atomic E-state index is 12.9. The van der Waals surface area contributed by atoms with Crippen molar-refractivity contribution in [2.75, 3.05) is 12.0 Å². The molecule has 2 amide bonds. The number of hydrogen-bond donors (Lipinski definition) is 0. The van der Waals surface area contributed by atoms with Crippen LogP contribution in [0.25, 0.3) is 5.57 Å². The molecule has 1 aliphatic heterocycles. The SMILES string of the molecule is COc1ccc(C2=C(Cl)C(=O)N(c3cccc(C)c3C)C2=O)cc1. The largest absolute Gasteiger partial charge is 0.497 e. The molecule has 0 saturated heterocycles. The Morgan fingerprint density at radius 1 is 0.958 bits per heavy atom. The quantitative estimate of drug-likeness (QED) is 0.797. The molecule has 0 saturated carbocycles. The number of hydrogen-bond acceptors (Lipinski definition) is 3. The van der Waals surface area contributed by atoms with Crippen molar-refractivity contribution in [1.82, 2.24) is 0 Å². The van der Waals surface area contributed by atoms with Crippen LogP contribution in [-0.4, -0.2) is 18.9 Å². The fourth-order valence-electron chi connectivity index (χ4n) is 2.71. The van der Waals surface area contributed by atoms with E-state index in [0.717, 1.165) is 16.0 Å². The number of nitrogens with zero attached hydrogens (tertiary/aromatic N) is 1. The summed E-state index contributed by atoms with van der Waals surface area (Å²) in [6.45, 7) is 3.81. The van der Waals surface area contributed by atoms with Gasteiger partial charge < -0.3 is 4.74 Å². The molecule has 0 aromatic heterocycles. The van der Waals surface area contributed by atoms with E-state index < -0.39 is 11.8 Å². The van der Waals surface area contributed by atoms with Crippen LogP contribution in [0.1, 0.15) is 16.7 Å². The number of carbonyl (C=O) groups excluding carboxylic acids is 2. The van der Waals surface area contributed by atoms with Gasteiger partial charge in [0.15, 0.2) is 0 Å². The van der Waals surface area contributed by atoms with E-state index in [9.17, 15) is 9.59 Å². The summed E-state index contributed by atoms with van der Waals surface area (Å²) in [7, 11) is 1.56. The summed E-state index contributed by atoms with van der Waals surface area (Å²) in [6.07, 6.45) is 0. The zero-order valence-corrected chi connectivity index (χ0v) is 14.3. The van der Waals surface area contributed by atoms with Gasteiger partial charge in [-0.05, 0) is 48.7 Å². The van der Waals surface area contributed by atoms with Crippen molar-refractivity contribution >= 4 is 34.7 Å². The number of ether oxygens (including phenoxy) is 1. The van der Waals surface area contributed by atoms with E-state index in [1.807, 2.05) is 26.0 Å². The Balaban J connectivity index is 2.05. The molecule has 122 valence electrons. The molecule has 0 N–H and O–H groups in total. The average Bonchev–Trinajstić information content (AvgIpc) is 2.80. The summed E-state index contributed by atoms with van der Waals surface area (Å²) in [6, 6.07) is 12.4. The van der Waals surface area contributed by atoms with Crippen LogP contribution in [0.2, 0.25) is 0 Å². The lowest BCUT2D eigenvalue weighted by molar-refractivity contribution is -0.119. The summed E-state index contributed by atoms with van der Waals surface area (Å²) >= 11 is 6.20. The summed E-state index contributed by atoms with van der Waals surface area (Å²) in [5.74, 6) is -0.247. The summed E-state index contributed by atoms with van der Waals surface area (Å²) in [4.78, 5) is 26.6. The van der Waals surface area contributed by atoms with Crippen LogP contribution in [0, 0.1) is 13.8 Å². The number of carbonyl (C=O) groups is 2. The smallest absolute Gasteiger partial charge is 0.277 e. The molecule has 0 spiro atoms. The Bertz CT molecular complexity index is 869. The molecule has 3 rings (SSSR count). The lowest BCUT2D eigenvalue weighted by Gasteiger charge is -2.18. The summed E-state index contributed by atoms with van der Waals surface area (Å²) in [5.41, 5.74) is 3.24. The third-order valence-corrected chi connectivity index (χ3v) is 4.57. The van der Waals surface area contributed by atoms with Crippen molar-refractivity contribution in [3.8, 4) is 5.75 Å². The summed E-state index contributed by atoms with van der Waals surface area (Å²) in [5, 5.41) is -0.0638. The highest BCUT2D eigenvalue weighted by Gasteiger charge is 2.39. The van der Waals surface area contributed by atoms with Crippen LogP contribution in [-0.2, 0) is 9.59 Å². The fraction of sp³-hybridized carbons (Fsp3) is 0.158. The minimum atomic E-state index is -0.499. The van der Waals surface area contributed by atoms with E-state index in [4.69, 9.17) is 16.3 Å². The maximum absolute atomic E-state index is 12.9. The Kier molecular flexibility index (Phi) is 4.16. The molecule has 1 heterocycles. The first-order valence-corrected chi connectivity index (χ1v) is 7.82. The molecule has 0 aliphatic carbocycles. The minimum Gasteiger partial charge on any atom is -0.497 e. The highest BCUT2D eigenvalue weighted by Crippen LogP contribution is 2.36. The highest BCUT2D eigenvalue weighted by molar-refractivity contribution is 6.60. The first-order chi connectivity index (χ1) is 11.5. The van der Waals surface area contributed by atoms with Gasteiger partial charge in [-0.1, -0.05) is 35.9 Å². The van der Waals surface area contributed by atoms with Crippen molar-refractivity contribution in [2.24, 2.45) is 0 Å². The number of benzene rings is 2. The lowest BCUT2D eigenvalue weighted by Crippen LogP contribution is -2.31. The molecule has 2 aromatic carbocycles. The van der Waals surface area contributed by atoms with Gasteiger partial charge in [-0.15, -0.1) is 0 Å². The molecule has 1 aliphatic rings. The number of halogens is 1. The minimum absolute atomic E-state index is 0.0638. The van der Waals surface area contributed by atoms with Crippen LogP contribution in [0.15, 0.2) is 47.5 Å². The van der Waals surface area contributed by atoms with Gasteiger partial charge in [0.05, 0.1) is 18.4 Å². The van der Waals surface area contributed by atoms with Gasteiger partial charge in [-0.3, -0.25) is 9.59 Å². The van der Waals surface area contributed by atoms with Gasteiger partial charge in [0, 0.05) is 0 Å². The molecule has 0 radical (unpaired) electrons. The molecule has 5 heteroatoms. The summed E-state index contributed by atoms with van der Waals surface area (Å²) < 4.78 is 5.11. The van der Waals surface area contributed by atoms with E-state index in [-0.39, 0.29) is 10.6 Å². The fourth-order valence-corrected chi connectivity index (χ4v) is 2.98. The van der Waals surface area contributed by atoms with Crippen LogP contribution in [0.5, 0.6) is 5.75 Å². The first-order valence-electron chi connectivity index (χ1n) is 7.45. The van der Waals surface area contributed by atoms with Crippen molar-refractivity contribution in [3.05, 3.63) is 64.2 Å². The zero-order chi connectivity index (χ0) is 17.4. The Labute approximate surface area is 145 Å². The van der Waals surface area contributed by atoms with Gasteiger partial charge in [0.25, 0.3) is 11.8 Å². The highest BCUT2D eigenvalue weighted by atomic mass is 35.5. The third-order valence-electron chi connectivity index (χ3n) is 4.22. The maximum Gasteiger partial charge on any atom is 0.277 e. The van der Waals surface area contributed by atoms with Gasteiger partial charge >= 0.3 is 0 Å². The number of aryl methyl sites for hydroxylation is 1. The lowest BCUT2D eigenvalue weighted by atomic mass is 10.1. The predicted octanol–water partition coefficient (Wildman–Crippen LogP) is 3.84. The monoisotopic (exact) mass is 341 g/mol. The van der Waals surface area contributed by atoms with Crippen molar-refractivity contribution in [2.45, 2.75) is 13.8 Å². The van der Waals surface area contributed by atoms with Gasteiger partial charge in [-0.25, -0.2) is 4.90 Å². The van der Waals surface area contributed by atoms with Crippen molar-refractivity contribution in [3.63, 3.8) is 0 Å². The molecular formula is C19H16ClNO3. The van der Waals surface area contributed by atoms with Gasteiger partial charge in [-0.2, -0.15) is 0 Å². The molecular weight excluding hydrogens is 326 g/mol. The van der Waals surface area contributed by atoms with E-state index in [0.29, 0.717) is 17.0 Å². The van der Waals surface area contributed by atoms with Crippen LogP contribution >= 0.6 is 11.6 Å². The van der Waals surface area contributed by atoms with Crippen LogP contribution in [0.4, 0.5) is 5.69 Å². The second kappa shape index (κ2) is 6.13. The molecule has 0 atom stereocenters. The van der Waals surface area contributed by atoms with Gasteiger partial charge in [0.2, 0.25) is 0 Å². The van der Waals surface area contributed by atoms with Crippen molar-refractivity contribution in [1.29, 1.82) is 0 Å². The van der Waals surface area contributed by atoms with Gasteiger partial charge in [0.1, 0.15) is 10.8 Å². The number of anilines is 1. The van der Waals surface area contributed by atoms with E-state index in [1.54, 1.807) is 37.4 Å². The predicted molar refractivity (Wildman–Crippen MR) is 94.2 cm³/mol. The standard InChI is InChI=1S/C19H16ClNO3/c1-11-5-4-6-15(12(11)2)21-18(22)16(17(20)19(21)23)13-7-9-14(24-3)10-8-13/h4-10H,1-3H3. The molecule has 4 nitrogen and oxygen atoms in total. The Morgan fingerprint density at radius 3 is 2.25 bits per heavy atom. The number of methoxy groups -OCH3 is 1. The van der Waals surface area contributed by atoms with E-state index >= 15 is 0 Å².